The minimum atomic E-state index is -1.16. The van der Waals surface area contributed by atoms with E-state index in [0.29, 0.717) is 0 Å². The van der Waals surface area contributed by atoms with Crippen LogP contribution >= 0.6 is 0 Å². The van der Waals surface area contributed by atoms with Gasteiger partial charge in [0.2, 0.25) is 0 Å². The number of nitrogens with zero attached hydrogens (tertiary/aromatic N) is 1. The molecule has 0 bridgehead atoms. The molecule has 142 valence electrons. The number of hydrogen-bond acceptors (Lipinski definition) is 3. The largest absolute Gasteiger partial charge is 0.365 e. The van der Waals surface area contributed by atoms with Crippen molar-refractivity contribution in [2.75, 3.05) is 5.32 Å². The number of rotatable bonds is 2. The first-order valence-electron chi connectivity index (χ1n) is 10.3. The average Bonchev–Trinajstić information content (AvgIpc) is 2.97. The van der Waals surface area contributed by atoms with Gasteiger partial charge in [0.05, 0.1) is 17.3 Å². The normalized spacial score (nSPS) is 23.2. The number of benzene rings is 3. The first kappa shape index (κ1) is 17.4. The Hall–Kier alpha value is -2.65. The molecule has 0 aromatic heterocycles. The van der Waals surface area contributed by atoms with Crippen molar-refractivity contribution in [3.05, 3.63) is 71.8 Å². The van der Waals surface area contributed by atoms with E-state index in [0.717, 1.165) is 42.6 Å². The van der Waals surface area contributed by atoms with Crippen molar-refractivity contribution < 1.29 is 5.11 Å². The number of aryl methyl sites for hydroxylation is 1. The van der Waals surface area contributed by atoms with E-state index in [9.17, 15) is 5.11 Å². The minimum Gasteiger partial charge on any atom is -0.365 e. The van der Waals surface area contributed by atoms with Gasteiger partial charge in [0.25, 0.3) is 0 Å². The quantitative estimate of drug-likeness (QED) is 0.554. The predicted molar refractivity (Wildman–Crippen MR) is 117 cm³/mol. The standard InChI is InChI=1S/C25H26N2O/c1-18-20-10-4-3-9-19(20)13-14-22(18)26-17-25(28)24(15-7-2-8-16-24)21-11-5-6-12-23(21)27-25/h3-6,9-14,17,27-28H,2,7-8,15-16H2,1H3. The third-order valence-corrected chi connectivity index (χ3v) is 6.76. The van der Waals surface area contributed by atoms with Crippen LogP contribution in [0.3, 0.4) is 0 Å². The van der Waals surface area contributed by atoms with Crippen molar-refractivity contribution >= 4 is 28.4 Å². The van der Waals surface area contributed by atoms with Gasteiger partial charge >= 0.3 is 0 Å². The van der Waals surface area contributed by atoms with Gasteiger partial charge in [-0.15, -0.1) is 0 Å². The molecule has 2 N–H and O–H groups in total. The summed E-state index contributed by atoms with van der Waals surface area (Å²) in [5.74, 6) is 0. The first-order valence-corrected chi connectivity index (χ1v) is 10.3. The minimum absolute atomic E-state index is 0.296. The second-order valence-electron chi connectivity index (χ2n) is 8.27. The zero-order valence-corrected chi connectivity index (χ0v) is 16.3. The van der Waals surface area contributed by atoms with Gasteiger partial charge in [0.15, 0.2) is 5.72 Å². The fourth-order valence-corrected chi connectivity index (χ4v) is 5.22. The Morgan fingerprint density at radius 2 is 1.68 bits per heavy atom. The van der Waals surface area contributed by atoms with Crippen LogP contribution in [0.5, 0.6) is 0 Å². The topological polar surface area (TPSA) is 44.6 Å². The smallest absolute Gasteiger partial charge is 0.182 e. The number of para-hydroxylation sites is 1. The van der Waals surface area contributed by atoms with Gasteiger partial charge in [-0.25, -0.2) is 0 Å². The molecule has 1 unspecified atom stereocenters. The van der Waals surface area contributed by atoms with E-state index in [-0.39, 0.29) is 5.41 Å². The Morgan fingerprint density at radius 3 is 2.54 bits per heavy atom. The highest BCUT2D eigenvalue weighted by molar-refractivity contribution is 5.91. The van der Waals surface area contributed by atoms with Gasteiger partial charge in [-0.1, -0.05) is 67.8 Å². The molecule has 1 fully saturated rings. The molecule has 0 radical (unpaired) electrons. The summed E-state index contributed by atoms with van der Waals surface area (Å²) in [6.07, 6.45) is 7.24. The molecule has 1 aliphatic carbocycles. The van der Waals surface area contributed by atoms with Gasteiger partial charge in [-0.05, 0) is 53.8 Å². The van der Waals surface area contributed by atoms with Gasteiger partial charge in [0, 0.05) is 5.69 Å². The average molecular weight is 370 g/mol. The molecule has 2 aliphatic rings. The lowest BCUT2D eigenvalue weighted by atomic mass is 9.65. The van der Waals surface area contributed by atoms with Crippen LogP contribution in [0.1, 0.15) is 43.2 Å². The molecule has 5 rings (SSSR count). The van der Waals surface area contributed by atoms with Crippen LogP contribution in [0, 0.1) is 6.92 Å². The van der Waals surface area contributed by atoms with Gasteiger partial charge < -0.3 is 10.4 Å². The summed E-state index contributed by atoms with van der Waals surface area (Å²) < 4.78 is 0. The number of nitrogens with one attached hydrogen (secondary N) is 1. The lowest BCUT2D eigenvalue weighted by Gasteiger charge is -2.43. The van der Waals surface area contributed by atoms with E-state index in [2.05, 4.69) is 60.8 Å². The third kappa shape index (κ3) is 2.50. The molecule has 3 aromatic carbocycles. The summed E-state index contributed by atoms with van der Waals surface area (Å²) in [6.45, 7) is 2.10. The Bertz CT molecular complexity index is 1070. The summed E-state index contributed by atoms with van der Waals surface area (Å²) >= 11 is 0. The fourth-order valence-electron chi connectivity index (χ4n) is 5.22. The molecular weight excluding hydrogens is 344 g/mol. The van der Waals surface area contributed by atoms with Crippen molar-refractivity contribution in [2.45, 2.75) is 50.2 Å². The molecule has 1 heterocycles. The Balaban J connectivity index is 1.58. The van der Waals surface area contributed by atoms with Gasteiger partial charge in [-0.3, -0.25) is 4.99 Å². The van der Waals surface area contributed by atoms with Crippen LogP contribution in [0.25, 0.3) is 10.8 Å². The predicted octanol–water partition coefficient (Wildman–Crippen LogP) is 5.87. The van der Waals surface area contributed by atoms with E-state index in [1.165, 1.54) is 22.8 Å². The SMILES string of the molecule is Cc1c(N=CC2(O)Nc3ccccc3C23CCCCC3)ccc2ccccc12. The molecular formula is C25H26N2O. The second-order valence-corrected chi connectivity index (χ2v) is 8.27. The van der Waals surface area contributed by atoms with Crippen molar-refractivity contribution in [2.24, 2.45) is 4.99 Å². The Morgan fingerprint density at radius 1 is 0.929 bits per heavy atom. The van der Waals surface area contributed by atoms with Crippen molar-refractivity contribution in [1.82, 2.24) is 0 Å². The fraction of sp³-hybridized carbons (Fsp3) is 0.320. The molecule has 3 nitrogen and oxygen atoms in total. The maximum atomic E-state index is 11.8. The summed E-state index contributed by atoms with van der Waals surface area (Å²) in [5, 5.41) is 17.6. The molecule has 1 spiro atoms. The Labute approximate surface area is 166 Å². The van der Waals surface area contributed by atoms with E-state index in [1.807, 2.05) is 12.1 Å². The number of fused-ring (bicyclic) bond motifs is 3. The number of aliphatic hydroxyl groups is 1. The highest BCUT2D eigenvalue weighted by Crippen LogP contribution is 2.53. The molecule has 3 heteroatoms. The summed E-state index contributed by atoms with van der Waals surface area (Å²) in [4.78, 5) is 4.80. The van der Waals surface area contributed by atoms with Crippen LogP contribution in [0.15, 0.2) is 65.7 Å². The van der Waals surface area contributed by atoms with E-state index in [4.69, 9.17) is 4.99 Å². The summed E-state index contributed by atoms with van der Waals surface area (Å²) in [7, 11) is 0. The molecule has 0 amide bonds. The highest BCUT2D eigenvalue weighted by Gasteiger charge is 2.56. The van der Waals surface area contributed by atoms with Crippen LogP contribution in [-0.4, -0.2) is 17.0 Å². The third-order valence-electron chi connectivity index (χ3n) is 6.76. The maximum absolute atomic E-state index is 11.8. The van der Waals surface area contributed by atoms with E-state index >= 15 is 0 Å². The second kappa shape index (κ2) is 6.46. The zero-order chi connectivity index (χ0) is 19.2. The van der Waals surface area contributed by atoms with Crippen LogP contribution in [-0.2, 0) is 5.41 Å². The van der Waals surface area contributed by atoms with Crippen molar-refractivity contribution in [3.63, 3.8) is 0 Å². The van der Waals surface area contributed by atoms with E-state index < -0.39 is 5.72 Å². The number of aliphatic imine (C=N–C) groups is 1. The summed E-state index contributed by atoms with van der Waals surface area (Å²) in [5.41, 5.74) is 2.88. The first-order chi connectivity index (χ1) is 13.6. The van der Waals surface area contributed by atoms with Gasteiger partial charge in [-0.2, -0.15) is 0 Å². The molecule has 0 saturated heterocycles. The van der Waals surface area contributed by atoms with Crippen molar-refractivity contribution in [1.29, 1.82) is 0 Å². The lowest BCUT2D eigenvalue weighted by molar-refractivity contribution is 0.0395. The highest BCUT2D eigenvalue weighted by atomic mass is 16.3. The molecule has 1 atom stereocenters. The molecule has 1 saturated carbocycles. The van der Waals surface area contributed by atoms with Crippen LogP contribution in [0.4, 0.5) is 11.4 Å². The van der Waals surface area contributed by atoms with Gasteiger partial charge in [0.1, 0.15) is 0 Å². The van der Waals surface area contributed by atoms with Crippen molar-refractivity contribution in [3.8, 4) is 0 Å². The van der Waals surface area contributed by atoms with Crippen LogP contribution in [0.2, 0.25) is 0 Å². The Kier molecular flexibility index (Phi) is 4.02. The monoisotopic (exact) mass is 370 g/mol. The number of anilines is 1. The summed E-state index contributed by atoms with van der Waals surface area (Å²) in [6, 6.07) is 20.9. The molecule has 28 heavy (non-hydrogen) atoms. The number of hydrogen-bond donors (Lipinski definition) is 2. The zero-order valence-electron chi connectivity index (χ0n) is 16.3. The van der Waals surface area contributed by atoms with E-state index in [1.54, 1.807) is 6.21 Å². The molecule has 1 aliphatic heterocycles. The molecule has 3 aromatic rings. The lowest BCUT2D eigenvalue weighted by Crippen LogP contribution is -2.54. The maximum Gasteiger partial charge on any atom is 0.182 e. The van der Waals surface area contributed by atoms with Crippen LogP contribution < -0.4 is 5.32 Å².